The van der Waals surface area contributed by atoms with E-state index in [1.807, 2.05) is 38.1 Å². The van der Waals surface area contributed by atoms with Gasteiger partial charge in [0, 0.05) is 23.9 Å². The van der Waals surface area contributed by atoms with Crippen molar-refractivity contribution in [3.63, 3.8) is 0 Å². The summed E-state index contributed by atoms with van der Waals surface area (Å²) < 4.78 is 5.87. The number of fused-ring (bicyclic) bond motifs is 1. The number of nitrogens with zero attached hydrogens (tertiary/aromatic N) is 1. The van der Waals surface area contributed by atoms with Crippen molar-refractivity contribution in [3.8, 4) is 11.6 Å². The van der Waals surface area contributed by atoms with Gasteiger partial charge in [0.1, 0.15) is 11.6 Å². The van der Waals surface area contributed by atoms with Gasteiger partial charge in [-0.2, -0.15) is 0 Å². The average molecular weight is 399 g/mol. The van der Waals surface area contributed by atoms with Gasteiger partial charge in [-0.1, -0.05) is 12.1 Å². The molecular formula is C21H23ClN4O2. The first-order chi connectivity index (χ1) is 12.8. The predicted octanol–water partition coefficient (Wildman–Crippen LogP) is 4.24. The van der Waals surface area contributed by atoms with Crippen molar-refractivity contribution in [1.82, 2.24) is 10.3 Å². The number of amidine groups is 1. The van der Waals surface area contributed by atoms with Crippen molar-refractivity contribution >= 4 is 35.1 Å². The Morgan fingerprint density at radius 3 is 2.46 bits per heavy atom. The smallest absolute Gasteiger partial charge is 0.220 e. The Morgan fingerprint density at radius 2 is 1.86 bits per heavy atom. The summed E-state index contributed by atoms with van der Waals surface area (Å²) >= 11 is 0. The Bertz CT molecular complexity index is 1020. The first-order valence-electron chi connectivity index (χ1n) is 8.64. The Morgan fingerprint density at radius 1 is 1.18 bits per heavy atom. The van der Waals surface area contributed by atoms with Crippen LogP contribution in [0.25, 0.3) is 10.9 Å². The maximum absolute atomic E-state index is 11.3. The Balaban J connectivity index is 0.00000280. The molecule has 0 fully saturated rings. The largest absolute Gasteiger partial charge is 0.439 e. The molecule has 1 amide bonds. The third kappa shape index (κ3) is 4.78. The zero-order chi connectivity index (χ0) is 19.6. The fraction of sp³-hybridized carbons (Fsp3) is 0.190. The minimum atomic E-state index is -0.0993. The minimum Gasteiger partial charge on any atom is -0.439 e. The number of carbonyl (C=O) groups is 1. The molecule has 1 heterocycles. The zero-order valence-electron chi connectivity index (χ0n) is 15.9. The number of hydrogen-bond donors (Lipinski definition) is 3. The van der Waals surface area contributed by atoms with E-state index in [-0.39, 0.29) is 30.2 Å². The number of ether oxygens (including phenoxy) is 1. The third-order valence-corrected chi connectivity index (χ3v) is 4.32. The second-order valence-electron chi connectivity index (χ2n) is 6.52. The van der Waals surface area contributed by atoms with Gasteiger partial charge in [-0.05, 0) is 55.3 Å². The number of amides is 1. The van der Waals surface area contributed by atoms with E-state index >= 15 is 0 Å². The number of pyridine rings is 1. The second kappa shape index (κ2) is 8.71. The highest BCUT2D eigenvalue weighted by Gasteiger charge is 2.10. The van der Waals surface area contributed by atoms with E-state index in [4.69, 9.17) is 15.9 Å². The molecule has 3 rings (SSSR count). The highest BCUT2D eigenvalue weighted by molar-refractivity contribution is 5.95. The quantitative estimate of drug-likeness (QED) is 0.442. The maximum atomic E-state index is 11.3. The molecule has 3 aromatic rings. The van der Waals surface area contributed by atoms with Crippen LogP contribution in [-0.4, -0.2) is 16.7 Å². The summed E-state index contributed by atoms with van der Waals surface area (Å²) in [4.78, 5) is 15.9. The van der Waals surface area contributed by atoms with E-state index in [0.29, 0.717) is 17.2 Å². The molecule has 0 bridgehead atoms. The zero-order valence-corrected chi connectivity index (χ0v) is 16.8. The molecule has 0 aliphatic carbocycles. The van der Waals surface area contributed by atoms with E-state index in [1.54, 1.807) is 24.3 Å². The summed E-state index contributed by atoms with van der Waals surface area (Å²) in [5.41, 5.74) is 8.95. The van der Waals surface area contributed by atoms with Gasteiger partial charge < -0.3 is 15.8 Å². The number of nitrogens with two attached hydrogens (primary N) is 1. The number of rotatable bonds is 5. The van der Waals surface area contributed by atoms with Crippen LogP contribution in [-0.2, 0) is 4.79 Å². The van der Waals surface area contributed by atoms with Crippen molar-refractivity contribution in [2.24, 2.45) is 5.73 Å². The number of nitrogens with one attached hydrogen (secondary N) is 2. The molecule has 6 nitrogen and oxygen atoms in total. The Hall–Kier alpha value is -3.12. The molecule has 1 atom stereocenters. The second-order valence-corrected chi connectivity index (χ2v) is 6.52. The van der Waals surface area contributed by atoms with Crippen molar-refractivity contribution in [3.05, 3.63) is 65.2 Å². The lowest BCUT2D eigenvalue weighted by Gasteiger charge is -2.14. The van der Waals surface area contributed by atoms with Gasteiger partial charge in [0.25, 0.3) is 0 Å². The monoisotopic (exact) mass is 398 g/mol. The molecular weight excluding hydrogens is 376 g/mol. The molecule has 4 N–H and O–H groups in total. The fourth-order valence-electron chi connectivity index (χ4n) is 2.92. The lowest BCUT2D eigenvalue weighted by Crippen LogP contribution is -2.23. The number of nitrogen functional groups attached to an aromatic ring is 1. The number of aryl methyl sites for hydroxylation is 1. The van der Waals surface area contributed by atoms with Gasteiger partial charge in [-0.3, -0.25) is 10.2 Å². The molecule has 1 unspecified atom stereocenters. The summed E-state index contributed by atoms with van der Waals surface area (Å²) in [5, 5.41) is 11.4. The molecule has 28 heavy (non-hydrogen) atoms. The van der Waals surface area contributed by atoms with Crippen LogP contribution in [0.2, 0.25) is 0 Å². The van der Waals surface area contributed by atoms with Gasteiger partial charge in [-0.15, -0.1) is 12.4 Å². The van der Waals surface area contributed by atoms with E-state index in [2.05, 4.69) is 10.3 Å². The molecule has 0 spiro atoms. The van der Waals surface area contributed by atoms with E-state index in [1.165, 1.54) is 6.92 Å². The summed E-state index contributed by atoms with van der Waals surface area (Å²) in [5.74, 6) is 1.05. The first kappa shape index (κ1) is 21.2. The first-order valence-corrected chi connectivity index (χ1v) is 8.64. The number of halogens is 1. The fourth-order valence-corrected chi connectivity index (χ4v) is 2.92. The van der Waals surface area contributed by atoms with Crippen LogP contribution in [0.4, 0.5) is 0 Å². The van der Waals surface area contributed by atoms with Crippen molar-refractivity contribution in [1.29, 1.82) is 5.41 Å². The summed E-state index contributed by atoms with van der Waals surface area (Å²) in [6.07, 6.45) is 0. The average Bonchev–Trinajstić information content (AvgIpc) is 2.61. The summed E-state index contributed by atoms with van der Waals surface area (Å²) in [7, 11) is 0. The number of hydrogen-bond acceptors (Lipinski definition) is 4. The molecule has 0 radical (unpaired) electrons. The van der Waals surface area contributed by atoms with E-state index in [9.17, 15) is 4.79 Å². The highest BCUT2D eigenvalue weighted by Crippen LogP contribution is 2.27. The summed E-state index contributed by atoms with van der Waals surface area (Å²) in [6.45, 7) is 5.45. The van der Waals surface area contributed by atoms with E-state index < -0.39 is 0 Å². The Labute approximate surface area is 170 Å². The van der Waals surface area contributed by atoms with E-state index in [0.717, 1.165) is 22.0 Å². The topological polar surface area (TPSA) is 101 Å². The molecule has 0 aliphatic rings. The van der Waals surface area contributed by atoms with Gasteiger partial charge >= 0.3 is 0 Å². The SMILES string of the molecule is CC(=O)NC(C)c1ccc2c(C)cc(Oc3ccc(C(=N)N)cc3)nc2c1.Cl. The van der Waals surface area contributed by atoms with Gasteiger partial charge in [0.15, 0.2) is 0 Å². The van der Waals surface area contributed by atoms with Gasteiger partial charge in [-0.25, -0.2) is 4.98 Å². The lowest BCUT2D eigenvalue weighted by molar-refractivity contribution is -0.119. The standard InChI is InChI=1S/C21H22N4O2.ClH/c1-12-10-20(27-17-7-4-15(5-8-17)21(22)23)25-19-11-16(6-9-18(12)19)13(2)24-14(3)26;/h4-11,13H,1-3H3,(H3,22,23)(H,24,26);1H. The summed E-state index contributed by atoms with van der Waals surface area (Å²) in [6, 6.07) is 14.7. The molecule has 0 saturated carbocycles. The van der Waals surface area contributed by atoms with Crippen LogP contribution in [0.3, 0.4) is 0 Å². The lowest BCUT2D eigenvalue weighted by atomic mass is 10.0. The normalized spacial score (nSPS) is 11.4. The highest BCUT2D eigenvalue weighted by atomic mass is 35.5. The van der Waals surface area contributed by atoms with Crippen LogP contribution < -0.4 is 15.8 Å². The van der Waals surface area contributed by atoms with Crippen LogP contribution in [0.15, 0.2) is 48.5 Å². The number of aromatic nitrogens is 1. The third-order valence-electron chi connectivity index (χ3n) is 4.32. The van der Waals surface area contributed by atoms with Crippen LogP contribution in [0.5, 0.6) is 11.6 Å². The van der Waals surface area contributed by atoms with Gasteiger partial charge in [0.05, 0.1) is 11.6 Å². The van der Waals surface area contributed by atoms with Crippen molar-refractivity contribution < 1.29 is 9.53 Å². The van der Waals surface area contributed by atoms with Crippen LogP contribution in [0, 0.1) is 12.3 Å². The predicted molar refractivity (Wildman–Crippen MR) is 113 cm³/mol. The van der Waals surface area contributed by atoms with Crippen molar-refractivity contribution in [2.75, 3.05) is 0 Å². The Kier molecular flexibility index (Phi) is 6.59. The number of carbonyl (C=O) groups excluding carboxylic acids is 1. The minimum absolute atomic E-state index is 0. The molecule has 2 aromatic carbocycles. The molecule has 0 aliphatic heterocycles. The van der Waals surface area contributed by atoms with Crippen molar-refractivity contribution in [2.45, 2.75) is 26.8 Å². The molecule has 146 valence electrons. The molecule has 7 heteroatoms. The molecule has 0 saturated heterocycles. The van der Waals surface area contributed by atoms with Crippen LogP contribution in [0.1, 0.15) is 36.6 Å². The van der Waals surface area contributed by atoms with Crippen LogP contribution >= 0.6 is 12.4 Å². The maximum Gasteiger partial charge on any atom is 0.220 e. The number of benzene rings is 2. The van der Waals surface area contributed by atoms with Gasteiger partial charge in [0.2, 0.25) is 11.8 Å². The molecule has 1 aromatic heterocycles.